The van der Waals surface area contributed by atoms with Gasteiger partial charge in [-0.15, -0.1) is 10.0 Å². The topological polar surface area (TPSA) is 47.6 Å². The van der Waals surface area contributed by atoms with Crippen molar-refractivity contribution >= 4 is 19.9 Å². The minimum atomic E-state index is -2.07. The molecular formula is C8H10ClNO3P+. The monoisotopic (exact) mass is 234 g/mol. The first kappa shape index (κ1) is 11.6. The van der Waals surface area contributed by atoms with Crippen LogP contribution in [0.5, 0.6) is 0 Å². The Balaban J connectivity index is 2.31. The molecule has 1 atom stereocenters. The summed E-state index contributed by atoms with van der Waals surface area (Å²) in [6.45, 7) is 0.446. The molecule has 0 saturated heterocycles. The van der Waals surface area contributed by atoms with Gasteiger partial charge in [-0.2, -0.15) is 0 Å². The van der Waals surface area contributed by atoms with Gasteiger partial charge in [-0.3, -0.25) is 0 Å². The number of hydrogen-bond acceptors (Lipinski definition) is 4. The number of benzene rings is 1. The van der Waals surface area contributed by atoms with Crippen LogP contribution < -0.4 is 5.48 Å². The quantitative estimate of drug-likeness (QED) is 0.629. The zero-order valence-electron chi connectivity index (χ0n) is 7.57. The van der Waals surface area contributed by atoms with E-state index < -0.39 is 8.25 Å². The summed E-state index contributed by atoms with van der Waals surface area (Å²) in [6.07, 6.45) is 0. The highest BCUT2D eigenvalue weighted by atomic mass is 35.5. The van der Waals surface area contributed by atoms with Crippen molar-refractivity contribution in [3.8, 4) is 0 Å². The third-order valence-corrected chi connectivity index (χ3v) is 2.31. The van der Waals surface area contributed by atoms with Crippen molar-refractivity contribution in [2.75, 3.05) is 7.11 Å². The molecule has 0 fully saturated rings. The SMILES string of the molecule is CO[P+](=O)ONCc1ccc(Cl)cc1. The summed E-state index contributed by atoms with van der Waals surface area (Å²) in [5, 5.41) is 0.678. The second-order valence-electron chi connectivity index (χ2n) is 2.45. The van der Waals surface area contributed by atoms with Crippen LogP contribution in [0.25, 0.3) is 0 Å². The van der Waals surface area contributed by atoms with Gasteiger partial charge in [0.2, 0.25) is 0 Å². The number of nitrogens with one attached hydrogen (secondary N) is 1. The van der Waals surface area contributed by atoms with Crippen molar-refractivity contribution in [2.24, 2.45) is 0 Å². The summed E-state index contributed by atoms with van der Waals surface area (Å²) < 4.78 is 19.7. The summed E-state index contributed by atoms with van der Waals surface area (Å²) in [6, 6.07) is 7.24. The van der Waals surface area contributed by atoms with E-state index >= 15 is 0 Å². The lowest BCUT2D eigenvalue weighted by Crippen LogP contribution is -2.09. The van der Waals surface area contributed by atoms with Crippen molar-refractivity contribution < 1.29 is 13.7 Å². The van der Waals surface area contributed by atoms with Crippen LogP contribution in [0.4, 0.5) is 0 Å². The third-order valence-electron chi connectivity index (χ3n) is 1.48. The van der Waals surface area contributed by atoms with Gasteiger partial charge in [-0.1, -0.05) is 23.7 Å². The van der Waals surface area contributed by atoms with Crippen molar-refractivity contribution in [3.63, 3.8) is 0 Å². The molecule has 0 aliphatic heterocycles. The van der Waals surface area contributed by atoms with Crippen molar-refractivity contribution in [1.29, 1.82) is 0 Å². The minimum Gasteiger partial charge on any atom is -0.144 e. The Hall–Kier alpha value is -0.510. The number of rotatable bonds is 5. The molecule has 14 heavy (non-hydrogen) atoms. The van der Waals surface area contributed by atoms with Crippen LogP contribution in [0.15, 0.2) is 24.3 Å². The Labute approximate surface area is 88.1 Å². The average Bonchev–Trinajstić information content (AvgIpc) is 2.21. The van der Waals surface area contributed by atoms with E-state index in [1.165, 1.54) is 7.11 Å². The van der Waals surface area contributed by atoms with Gasteiger partial charge < -0.3 is 0 Å². The summed E-state index contributed by atoms with van der Waals surface area (Å²) >= 11 is 5.70. The molecule has 0 amide bonds. The van der Waals surface area contributed by atoms with E-state index in [1.54, 1.807) is 12.1 Å². The van der Waals surface area contributed by atoms with E-state index in [4.69, 9.17) is 11.6 Å². The summed E-state index contributed by atoms with van der Waals surface area (Å²) in [5.41, 5.74) is 3.50. The normalized spacial score (nSPS) is 11.4. The highest BCUT2D eigenvalue weighted by Gasteiger charge is 2.16. The molecule has 1 aromatic rings. The van der Waals surface area contributed by atoms with E-state index in [0.29, 0.717) is 11.6 Å². The molecule has 1 aromatic carbocycles. The van der Waals surface area contributed by atoms with E-state index in [9.17, 15) is 4.57 Å². The van der Waals surface area contributed by atoms with E-state index in [0.717, 1.165) is 5.56 Å². The molecule has 4 nitrogen and oxygen atoms in total. The second-order valence-corrected chi connectivity index (χ2v) is 3.88. The fourth-order valence-electron chi connectivity index (χ4n) is 0.808. The molecule has 76 valence electrons. The Bertz CT molecular complexity index is 304. The second kappa shape index (κ2) is 6.06. The van der Waals surface area contributed by atoms with Gasteiger partial charge in [0.15, 0.2) is 0 Å². The van der Waals surface area contributed by atoms with E-state index in [1.807, 2.05) is 12.1 Å². The van der Waals surface area contributed by atoms with Gasteiger partial charge in [0, 0.05) is 9.59 Å². The van der Waals surface area contributed by atoms with Crippen LogP contribution in [0.2, 0.25) is 5.02 Å². The minimum absolute atomic E-state index is 0.446. The predicted molar refractivity (Wildman–Crippen MR) is 54.0 cm³/mol. The Morgan fingerprint density at radius 1 is 1.43 bits per heavy atom. The lowest BCUT2D eigenvalue weighted by molar-refractivity contribution is 0.166. The van der Waals surface area contributed by atoms with E-state index in [-0.39, 0.29) is 0 Å². The molecule has 0 aromatic heterocycles. The zero-order chi connectivity index (χ0) is 10.4. The highest BCUT2D eigenvalue weighted by Crippen LogP contribution is 2.19. The van der Waals surface area contributed by atoms with Crippen LogP contribution >= 0.6 is 19.9 Å². The number of halogens is 1. The van der Waals surface area contributed by atoms with Crippen LogP contribution in [0.1, 0.15) is 5.56 Å². The Kier molecular flexibility index (Phi) is 5.01. The van der Waals surface area contributed by atoms with Crippen molar-refractivity contribution in [2.45, 2.75) is 6.54 Å². The van der Waals surface area contributed by atoms with E-state index in [2.05, 4.69) is 14.6 Å². The molecule has 6 heteroatoms. The molecule has 0 radical (unpaired) electrons. The highest BCUT2D eigenvalue weighted by molar-refractivity contribution is 7.33. The van der Waals surface area contributed by atoms with Gasteiger partial charge in [-0.05, 0) is 22.3 Å². The third kappa shape index (κ3) is 4.13. The predicted octanol–water partition coefficient (Wildman–Crippen LogP) is 2.67. The molecular weight excluding hydrogens is 225 g/mol. The summed E-state index contributed by atoms with van der Waals surface area (Å²) in [4.78, 5) is 0. The first-order valence-electron chi connectivity index (χ1n) is 3.88. The lowest BCUT2D eigenvalue weighted by atomic mass is 10.2. The first-order chi connectivity index (χ1) is 6.72. The Morgan fingerprint density at radius 3 is 2.64 bits per heavy atom. The van der Waals surface area contributed by atoms with Crippen LogP contribution in [-0.4, -0.2) is 7.11 Å². The maximum atomic E-state index is 10.7. The molecule has 1 unspecified atom stereocenters. The molecule has 0 bridgehead atoms. The van der Waals surface area contributed by atoms with Gasteiger partial charge in [0.25, 0.3) is 0 Å². The molecule has 1 rings (SSSR count). The number of hydroxylamine groups is 1. The maximum absolute atomic E-state index is 10.7. The largest absolute Gasteiger partial charge is 0.716 e. The molecule has 0 spiro atoms. The Morgan fingerprint density at radius 2 is 2.07 bits per heavy atom. The average molecular weight is 235 g/mol. The standard InChI is InChI=1S/C8H10ClNO3P/c1-12-14(11)13-10-6-7-2-4-8(9)5-3-7/h2-5,10H,6H2,1H3/q+1. The van der Waals surface area contributed by atoms with Crippen LogP contribution in [0.3, 0.4) is 0 Å². The summed E-state index contributed by atoms with van der Waals surface area (Å²) in [5.74, 6) is 0. The number of hydrogen-bond donors (Lipinski definition) is 1. The molecule has 0 saturated carbocycles. The van der Waals surface area contributed by atoms with Crippen LogP contribution in [-0.2, 0) is 20.3 Å². The molecule has 1 N–H and O–H groups in total. The van der Waals surface area contributed by atoms with Gasteiger partial charge in [-0.25, -0.2) is 0 Å². The van der Waals surface area contributed by atoms with Gasteiger partial charge in [0.05, 0.1) is 13.7 Å². The fourth-order valence-corrected chi connectivity index (χ4v) is 1.18. The van der Waals surface area contributed by atoms with Gasteiger partial charge >= 0.3 is 8.25 Å². The van der Waals surface area contributed by atoms with Crippen LogP contribution in [0, 0.1) is 0 Å². The zero-order valence-corrected chi connectivity index (χ0v) is 9.22. The molecule has 0 aliphatic rings. The van der Waals surface area contributed by atoms with Gasteiger partial charge in [0.1, 0.15) is 0 Å². The van der Waals surface area contributed by atoms with Crippen molar-refractivity contribution in [3.05, 3.63) is 34.9 Å². The summed E-state index contributed by atoms with van der Waals surface area (Å²) in [7, 11) is -0.760. The molecule has 0 heterocycles. The lowest BCUT2D eigenvalue weighted by Gasteiger charge is -1.97. The smallest absolute Gasteiger partial charge is 0.144 e. The molecule has 0 aliphatic carbocycles. The van der Waals surface area contributed by atoms with Crippen molar-refractivity contribution in [1.82, 2.24) is 5.48 Å². The first-order valence-corrected chi connectivity index (χ1v) is 5.35. The maximum Gasteiger partial charge on any atom is 0.716 e. The fraction of sp³-hybridized carbons (Fsp3) is 0.250.